The zero-order chi connectivity index (χ0) is 27.2. The zero-order valence-corrected chi connectivity index (χ0v) is 21.7. The van der Waals surface area contributed by atoms with Crippen LogP contribution in [0.2, 0.25) is 0 Å². The van der Waals surface area contributed by atoms with Crippen molar-refractivity contribution < 1.29 is 31.1 Å². The first-order chi connectivity index (χ1) is 17.4. The number of rotatable bonds is 11. The fraction of sp³-hybridized carbons (Fsp3) is 0.320. The van der Waals surface area contributed by atoms with Crippen LogP contribution in [0, 0.1) is 6.92 Å². The summed E-state index contributed by atoms with van der Waals surface area (Å²) in [5, 5.41) is 2.87. The molecule has 3 rings (SSSR count). The largest absolute Gasteiger partial charge is 0.493 e. The molecule has 0 atom stereocenters. The van der Waals surface area contributed by atoms with E-state index >= 15 is 0 Å². The molecule has 0 bridgehead atoms. The van der Waals surface area contributed by atoms with Gasteiger partial charge in [-0.25, -0.2) is 13.4 Å². The molecule has 0 saturated heterocycles. The van der Waals surface area contributed by atoms with Crippen molar-refractivity contribution in [3.8, 4) is 11.5 Å². The number of nitrogens with zero attached hydrogens (tertiary/aromatic N) is 2. The molecule has 0 aliphatic rings. The Bertz CT molecular complexity index is 1310. The maximum Gasteiger partial charge on any atom is 0.417 e. The molecule has 1 aromatic heterocycles. The first-order valence-electron chi connectivity index (χ1n) is 11.2. The van der Waals surface area contributed by atoms with Crippen molar-refractivity contribution in [3.05, 3.63) is 71.4 Å². The van der Waals surface area contributed by atoms with Gasteiger partial charge >= 0.3 is 6.18 Å². The van der Waals surface area contributed by atoms with Gasteiger partial charge in [0.25, 0.3) is 10.0 Å². The Kier molecular flexibility index (Phi) is 8.87. The number of anilines is 2. The number of ether oxygens (including phenoxy) is 2. The molecule has 0 amide bonds. The SMILES string of the molecule is COc1ccc(CNc2cc(C(F)(F)F)cnc2NS(=O)(=O)c2ccc(C)cc2)cc1OCCN(C)C. The Morgan fingerprint density at radius 3 is 2.35 bits per heavy atom. The van der Waals surface area contributed by atoms with Crippen molar-refractivity contribution >= 4 is 21.5 Å². The average Bonchev–Trinajstić information content (AvgIpc) is 2.82. The normalized spacial score (nSPS) is 11.9. The van der Waals surface area contributed by atoms with Crippen molar-refractivity contribution in [2.24, 2.45) is 0 Å². The Morgan fingerprint density at radius 2 is 1.73 bits per heavy atom. The van der Waals surface area contributed by atoms with Gasteiger partial charge in [0, 0.05) is 19.3 Å². The summed E-state index contributed by atoms with van der Waals surface area (Å²) in [6, 6.07) is 12.0. The summed E-state index contributed by atoms with van der Waals surface area (Å²) in [7, 11) is 1.24. The molecule has 0 aliphatic carbocycles. The fourth-order valence-electron chi connectivity index (χ4n) is 3.22. The van der Waals surface area contributed by atoms with E-state index in [1.807, 2.05) is 19.0 Å². The average molecular weight is 539 g/mol. The van der Waals surface area contributed by atoms with Crippen LogP contribution in [0.25, 0.3) is 0 Å². The molecule has 2 aromatic carbocycles. The summed E-state index contributed by atoms with van der Waals surface area (Å²) in [5.74, 6) is 0.727. The zero-order valence-electron chi connectivity index (χ0n) is 20.9. The molecule has 3 aromatic rings. The van der Waals surface area contributed by atoms with Gasteiger partial charge in [-0.15, -0.1) is 0 Å². The van der Waals surface area contributed by atoms with Crippen molar-refractivity contribution in [3.63, 3.8) is 0 Å². The molecule has 200 valence electrons. The van der Waals surface area contributed by atoms with Crippen LogP contribution >= 0.6 is 0 Å². The number of aromatic nitrogens is 1. The number of halogens is 3. The number of sulfonamides is 1. The van der Waals surface area contributed by atoms with E-state index in [4.69, 9.17) is 9.47 Å². The quantitative estimate of drug-likeness (QED) is 0.363. The van der Waals surface area contributed by atoms with Crippen molar-refractivity contribution in [1.29, 1.82) is 0 Å². The molecular formula is C25H29F3N4O4S. The van der Waals surface area contributed by atoms with E-state index in [-0.39, 0.29) is 22.9 Å². The van der Waals surface area contributed by atoms with E-state index < -0.39 is 21.8 Å². The summed E-state index contributed by atoms with van der Waals surface area (Å²) in [4.78, 5) is 5.68. The predicted molar refractivity (Wildman–Crippen MR) is 136 cm³/mol. The maximum atomic E-state index is 13.4. The molecule has 0 radical (unpaired) electrons. The molecule has 0 spiro atoms. The molecular weight excluding hydrogens is 509 g/mol. The van der Waals surface area contributed by atoms with Gasteiger partial charge in [-0.1, -0.05) is 23.8 Å². The van der Waals surface area contributed by atoms with Gasteiger partial charge in [-0.05, 0) is 56.9 Å². The van der Waals surface area contributed by atoms with Crippen LogP contribution in [-0.4, -0.2) is 52.7 Å². The van der Waals surface area contributed by atoms with E-state index in [0.29, 0.717) is 36.4 Å². The van der Waals surface area contributed by atoms with Gasteiger partial charge in [-0.3, -0.25) is 4.72 Å². The highest BCUT2D eigenvalue weighted by atomic mass is 32.2. The lowest BCUT2D eigenvalue weighted by Crippen LogP contribution is -2.19. The number of hydrogen-bond donors (Lipinski definition) is 2. The molecule has 0 aliphatic heterocycles. The number of methoxy groups -OCH3 is 1. The van der Waals surface area contributed by atoms with Crippen molar-refractivity contribution in [1.82, 2.24) is 9.88 Å². The minimum Gasteiger partial charge on any atom is -0.493 e. The van der Waals surface area contributed by atoms with Crippen LogP contribution in [0.5, 0.6) is 11.5 Å². The summed E-state index contributed by atoms with van der Waals surface area (Å²) in [5.41, 5.74) is 0.385. The Balaban J connectivity index is 1.87. The standard InChI is InChI=1S/C25H29F3N4O4S/c1-17-5-8-20(9-6-17)37(33,34)31-24-21(14-19(16-30-24)25(26,27)28)29-15-18-7-10-22(35-4)23(13-18)36-12-11-32(2)3/h5-10,13-14,16,29H,11-12,15H2,1-4H3,(H,30,31). The Morgan fingerprint density at radius 1 is 1.03 bits per heavy atom. The number of hydrogen-bond acceptors (Lipinski definition) is 7. The second-order valence-corrected chi connectivity index (χ2v) is 10.2. The highest BCUT2D eigenvalue weighted by molar-refractivity contribution is 7.92. The van der Waals surface area contributed by atoms with Crippen LogP contribution < -0.4 is 19.5 Å². The number of benzene rings is 2. The molecule has 2 N–H and O–H groups in total. The van der Waals surface area contributed by atoms with E-state index in [2.05, 4.69) is 15.0 Å². The molecule has 1 heterocycles. The third-order valence-electron chi connectivity index (χ3n) is 5.28. The molecule has 0 unspecified atom stereocenters. The highest BCUT2D eigenvalue weighted by Gasteiger charge is 2.32. The number of alkyl halides is 3. The predicted octanol–water partition coefficient (Wildman–Crippen LogP) is 4.77. The monoisotopic (exact) mass is 538 g/mol. The van der Waals surface area contributed by atoms with Gasteiger partial charge in [0.15, 0.2) is 17.3 Å². The number of pyridine rings is 1. The third-order valence-corrected chi connectivity index (χ3v) is 6.64. The summed E-state index contributed by atoms with van der Waals surface area (Å²) in [6.45, 7) is 2.95. The lowest BCUT2D eigenvalue weighted by molar-refractivity contribution is -0.137. The molecule has 12 heteroatoms. The van der Waals surface area contributed by atoms with Gasteiger partial charge < -0.3 is 19.7 Å². The van der Waals surface area contributed by atoms with E-state index in [0.717, 1.165) is 11.6 Å². The minimum atomic E-state index is -4.66. The summed E-state index contributed by atoms with van der Waals surface area (Å²) < 4.78 is 79.2. The molecule has 0 fully saturated rings. The summed E-state index contributed by atoms with van der Waals surface area (Å²) >= 11 is 0. The third kappa shape index (κ3) is 7.73. The van der Waals surface area contributed by atoms with E-state index in [1.54, 1.807) is 37.3 Å². The maximum absolute atomic E-state index is 13.4. The number of likely N-dealkylation sites (N-methyl/N-ethyl adjacent to an activating group) is 1. The molecule has 0 saturated carbocycles. The smallest absolute Gasteiger partial charge is 0.417 e. The van der Waals surface area contributed by atoms with Crippen LogP contribution in [-0.2, 0) is 22.7 Å². The van der Waals surface area contributed by atoms with Crippen LogP contribution in [0.1, 0.15) is 16.7 Å². The topological polar surface area (TPSA) is 92.8 Å². The van der Waals surface area contributed by atoms with Gasteiger partial charge in [0.2, 0.25) is 0 Å². The lowest BCUT2D eigenvalue weighted by atomic mass is 10.2. The Hall–Kier alpha value is -3.51. The van der Waals surface area contributed by atoms with Crippen molar-refractivity contribution in [2.75, 3.05) is 44.4 Å². The molecule has 37 heavy (non-hydrogen) atoms. The van der Waals surface area contributed by atoms with Crippen LogP contribution in [0.3, 0.4) is 0 Å². The minimum absolute atomic E-state index is 0.0413. The van der Waals surface area contributed by atoms with Gasteiger partial charge in [0.1, 0.15) is 6.61 Å². The summed E-state index contributed by atoms with van der Waals surface area (Å²) in [6.07, 6.45) is -4.08. The second kappa shape index (κ2) is 11.7. The number of aryl methyl sites for hydroxylation is 1. The first kappa shape index (κ1) is 28.1. The fourth-order valence-corrected chi connectivity index (χ4v) is 4.25. The van der Waals surface area contributed by atoms with Crippen molar-refractivity contribution in [2.45, 2.75) is 24.5 Å². The lowest BCUT2D eigenvalue weighted by Gasteiger charge is -2.17. The first-order valence-corrected chi connectivity index (χ1v) is 12.7. The highest BCUT2D eigenvalue weighted by Crippen LogP contribution is 2.34. The van der Waals surface area contributed by atoms with Gasteiger partial charge in [0.05, 0.1) is 23.3 Å². The Labute approximate surface area is 214 Å². The second-order valence-electron chi connectivity index (χ2n) is 8.53. The van der Waals surface area contributed by atoms with Crippen LogP contribution in [0.15, 0.2) is 59.6 Å². The van der Waals surface area contributed by atoms with Crippen LogP contribution in [0.4, 0.5) is 24.7 Å². The molecule has 8 nitrogen and oxygen atoms in total. The van der Waals surface area contributed by atoms with E-state index in [1.165, 1.54) is 19.2 Å². The van der Waals surface area contributed by atoms with Gasteiger partial charge in [-0.2, -0.15) is 13.2 Å². The van der Waals surface area contributed by atoms with E-state index in [9.17, 15) is 21.6 Å². The number of nitrogens with one attached hydrogen (secondary N) is 2.